The maximum absolute atomic E-state index is 12.8. The van der Waals surface area contributed by atoms with E-state index >= 15 is 0 Å². The number of sulfonamides is 1. The highest BCUT2D eigenvalue weighted by molar-refractivity contribution is 7.89. The first-order chi connectivity index (χ1) is 13.4. The van der Waals surface area contributed by atoms with Crippen molar-refractivity contribution in [3.05, 3.63) is 59.2 Å². The number of nitrogens with zero attached hydrogens (tertiary/aromatic N) is 1. The Hall–Kier alpha value is -2.18. The molecule has 5 nitrogen and oxygen atoms in total. The van der Waals surface area contributed by atoms with Crippen LogP contribution in [0.25, 0.3) is 0 Å². The first kappa shape index (κ1) is 19.2. The predicted molar refractivity (Wildman–Crippen MR) is 110 cm³/mol. The van der Waals surface area contributed by atoms with Crippen molar-refractivity contribution < 1.29 is 13.2 Å². The lowest BCUT2D eigenvalue weighted by atomic mass is 9.83. The molecule has 0 saturated heterocycles. The smallest absolute Gasteiger partial charge is 0.240 e. The van der Waals surface area contributed by atoms with Crippen LogP contribution in [-0.4, -0.2) is 20.9 Å². The van der Waals surface area contributed by atoms with Crippen LogP contribution in [0.3, 0.4) is 0 Å². The summed E-state index contributed by atoms with van der Waals surface area (Å²) in [5.41, 5.74) is 3.85. The van der Waals surface area contributed by atoms with Crippen molar-refractivity contribution in [2.45, 2.75) is 50.5 Å². The number of nitrogens with one attached hydrogen (secondary N) is 1. The molecule has 1 heterocycles. The minimum Gasteiger partial charge on any atom is -0.312 e. The summed E-state index contributed by atoms with van der Waals surface area (Å²) in [6, 6.07) is 12.9. The van der Waals surface area contributed by atoms with Crippen molar-refractivity contribution in [1.82, 2.24) is 4.72 Å². The van der Waals surface area contributed by atoms with Gasteiger partial charge in [-0.25, -0.2) is 13.1 Å². The zero-order valence-corrected chi connectivity index (χ0v) is 17.0. The fourth-order valence-corrected chi connectivity index (χ4v) is 5.00. The highest BCUT2D eigenvalue weighted by Gasteiger charge is 2.32. The Morgan fingerprint density at radius 3 is 2.68 bits per heavy atom. The lowest BCUT2D eigenvalue weighted by molar-refractivity contribution is -0.124. The van der Waals surface area contributed by atoms with Crippen LogP contribution in [0.15, 0.2) is 47.4 Å². The van der Waals surface area contributed by atoms with E-state index in [0.717, 1.165) is 61.0 Å². The van der Waals surface area contributed by atoms with Crippen LogP contribution in [0.5, 0.6) is 0 Å². The number of amides is 1. The second kappa shape index (κ2) is 7.68. The summed E-state index contributed by atoms with van der Waals surface area (Å²) in [7, 11) is -3.61. The topological polar surface area (TPSA) is 66.5 Å². The molecule has 0 spiro atoms. The van der Waals surface area contributed by atoms with E-state index in [-0.39, 0.29) is 23.3 Å². The minimum absolute atomic E-state index is 0.144. The number of carbonyl (C=O) groups is 1. The van der Waals surface area contributed by atoms with Crippen molar-refractivity contribution in [1.29, 1.82) is 0 Å². The molecule has 1 fully saturated rings. The maximum Gasteiger partial charge on any atom is 0.240 e. The lowest BCUT2D eigenvalue weighted by Gasteiger charge is -2.35. The summed E-state index contributed by atoms with van der Waals surface area (Å²) >= 11 is 0. The van der Waals surface area contributed by atoms with Crippen LogP contribution in [-0.2, 0) is 27.8 Å². The fourth-order valence-electron chi connectivity index (χ4n) is 3.93. The Morgan fingerprint density at radius 2 is 1.96 bits per heavy atom. The number of hydrogen-bond acceptors (Lipinski definition) is 3. The van der Waals surface area contributed by atoms with Gasteiger partial charge in [0.05, 0.1) is 4.90 Å². The molecule has 0 unspecified atom stereocenters. The van der Waals surface area contributed by atoms with Crippen LogP contribution in [0.1, 0.15) is 42.4 Å². The van der Waals surface area contributed by atoms with Crippen LogP contribution >= 0.6 is 0 Å². The van der Waals surface area contributed by atoms with E-state index in [2.05, 4.69) is 4.72 Å². The van der Waals surface area contributed by atoms with Gasteiger partial charge in [-0.05, 0) is 61.9 Å². The molecule has 4 rings (SSSR count). The molecule has 1 amide bonds. The Kier molecular flexibility index (Phi) is 5.25. The molecule has 1 aliphatic carbocycles. The van der Waals surface area contributed by atoms with Crippen molar-refractivity contribution in [2.24, 2.45) is 5.92 Å². The molecule has 0 bridgehead atoms. The SMILES string of the molecule is Cc1cccc(CNS(=O)(=O)c2ccc3c(c2)CCCN3C(=O)C2CCC2)c1. The van der Waals surface area contributed by atoms with E-state index < -0.39 is 10.0 Å². The minimum atomic E-state index is -3.61. The Morgan fingerprint density at radius 1 is 1.14 bits per heavy atom. The highest BCUT2D eigenvalue weighted by atomic mass is 32.2. The average molecular weight is 399 g/mol. The molecule has 0 atom stereocenters. The Balaban J connectivity index is 1.53. The van der Waals surface area contributed by atoms with Gasteiger partial charge >= 0.3 is 0 Å². The van der Waals surface area contributed by atoms with Gasteiger partial charge in [-0.1, -0.05) is 36.2 Å². The van der Waals surface area contributed by atoms with Crippen molar-refractivity contribution >= 4 is 21.6 Å². The van der Waals surface area contributed by atoms with Gasteiger partial charge in [0.1, 0.15) is 0 Å². The van der Waals surface area contributed by atoms with E-state index in [1.165, 1.54) is 0 Å². The number of hydrogen-bond donors (Lipinski definition) is 1. The molecule has 1 N–H and O–H groups in total. The Bertz CT molecular complexity index is 997. The van der Waals surface area contributed by atoms with E-state index in [9.17, 15) is 13.2 Å². The summed E-state index contributed by atoms with van der Waals surface area (Å²) < 4.78 is 28.2. The molecule has 2 aromatic carbocycles. The molecule has 2 aromatic rings. The molecule has 6 heteroatoms. The van der Waals surface area contributed by atoms with Gasteiger partial charge in [-0.15, -0.1) is 0 Å². The number of carbonyl (C=O) groups excluding carboxylic acids is 1. The molecule has 2 aliphatic rings. The second-order valence-electron chi connectivity index (χ2n) is 7.83. The summed E-state index contributed by atoms with van der Waals surface area (Å²) in [6.07, 6.45) is 4.73. The van der Waals surface area contributed by atoms with Crippen LogP contribution in [0, 0.1) is 12.8 Å². The quantitative estimate of drug-likeness (QED) is 0.838. The van der Waals surface area contributed by atoms with Crippen molar-refractivity contribution in [2.75, 3.05) is 11.4 Å². The normalized spacial score (nSPS) is 17.1. The Labute approximate surface area is 166 Å². The molecule has 0 radical (unpaired) electrons. The fraction of sp³-hybridized carbons (Fsp3) is 0.409. The number of benzene rings is 2. The summed E-state index contributed by atoms with van der Waals surface area (Å²) in [6.45, 7) is 2.96. The lowest BCUT2D eigenvalue weighted by Crippen LogP contribution is -2.41. The standard InChI is InChI=1S/C22H26N2O3S/c1-16-5-2-6-17(13-16)15-23-28(26,27)20-10-11-21-19(14-20)9-4-12-24(21)22(25)18-7-3-8-18/h2,5-6,10-11,13-14,18,23H,3-4,7-9,12,15H2,1H3. The predicted octanol–water partition coefficient (Wildman–Crippen LogP) is 3.55. The van der Waals surface area contributed by atoms with E-state index in [1.807, 2.05) is 36.1 Å². The number of rotatable bonds is 5. The number of anilines is 1. The number of fused-ring (bicyclic) bond motifs is 1. The molecule has 1 saturated carbocycles. The zero-order valence-electron chi connectivity index (χ0n) is 16.1. The van der Waals surface area contributed by atoms with Gasteiger partial charge < -0.3 is 4.90 Å². The van der Waals surface area contributed by atoms with Gasteiger partial charge in [0.2, 0.25) is 15.9 Å². The van der Waals surface area contributed by atoms with Crippen molar-refractivity contribution in [3.63, 3.8) is 0 Å². The van der Waals surface area contributed by atoms with Gasteiger partial charge in [0.15, 0.2) is 0 Å². The third kappa shape index (κ3) is 3.84. The molecule has 28 heavy (non-hydrogen) atoms. The molecular weight excluding hydrogens is 372 g/mol. The highest BCUT2D eigenvalue weighted by Crippen LogP contribution is 2.34. The van der Waals surface area contributed by atoms with E-state index in [0.29, 0.717) is 0 Å². The zero-order chi connectivity index (χ0) is 19.7. The number of aryl methyl sites for hydroxylation is 2. The largest absolute Gasteiger partial charge is 0.312 e. The third-order valence-corrected chi connectivity index (χ3v) is 7.15. The van der Waals surface area contributed by atoms with E-state index in [4.69, 9.17) is 0 Å². The molecule has 0 aromatic heterocycles. The molecular formula is C22H26N2O3S. The maximum atomic E-state index is 12.8. The van der Waals surface area contributed by atoms with Gasteiger partial charge in [-0.3, -0.25) is 4.79 Å². The van der Waals surface area contributed by atoms with Crippen molar-refractivity contribution in [3.8, 4) is 0 Å². The van der Waals surface area contributed by atoms with E-state index in [1.54, 1.807) is 18.2 Å². The van der Waals surface area contributed by atoms with Gasteiger partial charge in [0, 0.05) is 24.7 Å². The van der Waals surface area contributed by atoms with Crippen LogP contribution < -0.4 is 9.62 Å². The molecule has 1 aliphatic heterocycles. The van der Waals surface area contributed by atoms with Gasteiger partial charge in [0.25, 0.3) is 0 Å². The summed E-state index contributed by atoms with van der Waals surface area (Å²) in [5, 5.41) is 0. The second-order valence-corrected chi connectivity index (χ2v) is 9.59. The first-order valence-corrected chi connectivity index (χ1v) is 11.4. The first-order valence-electron chi connectivity index (χ1n) is 9.93. The van der Waals surface area contributed by atoms with Crippen LogP contribution in [0.4, 0.5) is 5.69 Å². The summed E-state index contributed by atoms with van der Waals surface area (Å²) in [4.78, 5) is 14.8. The summed E-state index contributed by atoms with van der Waals surface area (Å²) in [5.74, 6) is 0.339. The van der Waals surface area contributed by atoms with Gasteiger partial charge in [-0.2, -0.15) is 0 Å². The third-order valence-electron chi connectivity index (χ3n) is 5.75. The average Bonchev–Trinajstić information content (AvgIpc) is 2.64. The monoisotopic (exact) mass is 398 g/mol. The van der Waals surface area contributed by atoms with Crippen LogP contribution in [0.2, 0.25) is 0 Å². The molecule has 148 valence electrons.